The molecule has 0 heterocycles. The molecule has 0 aromatic heterocycles. The van der Waals surface area contributed by atoms with E-state index in [4.69, 9.17) is 9.47 Å². The van der Waals surface area contributed by atoms with Crippen molar-refractivity contribution in [1.29, 1.82) is 0 Å². The van der Waals surface area contributed by atoms with Crippen molar-refractivity contribution in [2.45, 2.75) is 77.4 Å². The summed E-state index contributed by atoms with van der Waals surface area (Å²) in [5.41, 5.74) is 0.923. The zero-order valence-corrected chi connectivity index (χ0v) is 16.4. The van der Waals surface area contributed by atoms with Crippen LogP contribution in [0.1, 0.15) is 64.4 Å². The van der Waals surface area contributed by atoms with Gasteiger partial charge in [-0.1, -0.05) is 32.3 Å². The lowest BCUT2D eigenvalue weighted by atomic mass is 9.99. The Morgan fingerprint density at radius 1 is 1.26 bits per heavy atom. The van der Waals surface area contributed by atoms with E-state index in [2.05, 4.69) is 6.92 Å². The van der Waals surface area contributed by atoms with Crippen molar-refractivity contribution in [3.05, 3.63) is 23.8 Å². The third-order valence-corrected chi connectivity index (χ3v) is 4.28. The zero-order chi connectivity index (χ0) is 20.1. The fourth-order valence-corrected chi connectivity index (χ4v) is 2.89. The standard InChI is InChI=1S/C21H32O6/c1-3-4-5-7-18(24)15-19(27-16(2)23)10-8-17-9-11-20(25)21(14-17)26-13-6-12-22/h9,11-12,14,18-19,24-25H,3-8,10,13,15H2,1-2H3. The molecule has 0 amide bonds. The van der Waals surface area contributed by atoms with E-state index in [9.17, 15) is 19.8 Å². The fourth-order valence-electron chi connectivity index (χ4n) is 2.89. The van der Waals surface area contributed by atoms with Gasteiger partial charge in [0.25, 0.3) is 0 Å². The Bertz CT molecular complexity index is 572. The Kier molecular flexibility index (Phi) is 11.2. The highest BCUT2D eigenvalue weighted by Crippen LogP contribution is 2.28. The average Bonchev–Trinajstić information content (AvgIpc) is 2.62. The molecule has 1 rings (SSSR count). The Morgan fingerprint density at radius 3 is 2.70 bits per heavy atom. The molecular weight excluding hydrogens is 348 g/mol. The van der Waals surface area contributed by atoms with Gasteiger partial charge in [-0.3, -0.25) is 4.79 Å². The van der Waals surface area contributed by atoms with Gasteiger partial charge >= 0.3 is 5.97 Å². The van der Waals surface area contributed by atoms with Crippen LogP contribution in [0.4, 0.5) is 0 Å². The summed E-state index contributed by atoms with van der Waals surface area (Å²) in [5, 5.41) is 20.0. The highest BCUT2D eigenvalue weighted by Gasteiger charge is 2.18. The second-order valence-corrected chi connectivity index (χ2v) is 6.76. The van der Waals surface area contributed by atoms with Crippen LogP contribution in [0.15, 0.2) is 18.2 Å². The fraction of sp³-hybridized carbons (Fsp3) is 0.619. The van der Waals surface area contributed by atoms with Crippen molar-refractivity contribution < 1.29 is 29.3 Å². The molecule has 27 heavy (non-hydrogen) atoms. The first-order valence-electron chi connectivity index (χ1n) is 9.69. The highest BCUT2D eigenvalue weighted by molar-refractivity contribution is 5.66. The van der Waals surface area contributed by atoms with E-state index in [-0.39, 0.29) is 30.9 Å². The number of carbonyl (C=O) groups is 2. The molecule has 1 aromatic rings. The summed E-state index contributed by atoms with van der Waals surface area (Å²) in [6.45, 7) is 3.69. The van der Waals surface area contributed by atoms with Crippen LogP contribution in [0.3, 0.4) is 0 Å². The highest BCUT2D eigenvalue weighted by atomic mass is 16.5. The summed E-state index contributed by atoms with van der Waals surface area (Å²) >= 11 is 0. The molecule has 1 aromatic carbocycles. The Balaban J connectivity index is 2.61. The maximum Gasteiger partial charge on any atom is 0.302 e. The summed E-state index contributed by atoms with van der Waals surface area (Å²) in [6.07, 6.45) is 5.63. The summed E-state index contributed by atoms with van der Waals surface area (Å²) in [4.78, 5) is 21.7. The van der Waals surface area contributed by atoms with Crippen LogP contribution in [0, 0.1) is 0 Å². The van der Waals surface area contributed by atoms with E-state index in [1.807, 2.05) is 0 Å². The molecule has 0 spiro atoms. The van der Waals surface area contributed by atoms with E-state index in [1.54, 1.807) is 18.2 Å². The molecule has 0 aliphatic heterocycles. The van der Waals surface area contributed by atoms with Crippen LogP contribution in [0.2, 0.25) is 0 Å². The van der Waals surface area contributed by atoms with E-state index >= 15 is 0 Å². The van der Waals surface area contributed by atoms with E-state index < -0.39 is 6.10 Å². The molecule has 0 saturated heterocycles. The number of ether oxygens (including phenoxy) is 2. The summed E-state index contributed by atoms with van der Waals surface area (Å²) < 4.78 is 10.8. The van der Waals surface area contributed by atoms with Gasteiger partial charge in [-0.25, -0.2) is 0 Å². The predicted octanol–water partition coefficient (Wildman–Crippen LogP) is 3.56. The van der Waals surface area contributed by atoms with Gasteiger partial charge in [0.2, 0.25) is 0 Å². The number of carbonyl (C=O) groups excluding carboxylic acids is 2. The second-order valence-electron chi connectivity index (χ2n) is 6.76. The monoisotopic (exact) mass is 380 g/mol. The molecule has 0 saturated carbocycles. The first kappa shape index (κ1) is 23.0. The minimum atomic E-state index is -0.483. The normalized spacial score (nSPS) is 13.0. The third kappa shape index (κ3) is 9.99. The van der Waals surface area contributed by atoms with Crippen LogP contribution in [-0.4, -0.2) is 41.3 Å². The molecule has 6 heteroatoms. The van der Waals surface area contributed by atoms with Gasteiger partial charge in [0.15, 0.2) is 11.5 Å². The largest absolute Gasteiger partial charge is 0.504 e. The number of rotatable bonds is 14. The number of hydrogen-bond acceptors (Lipinski definition) is 6. The molecule has 0 aliphatic rings. The Labute approximate surface area is 161 Å². The molecule has 0 radical (unpaired) electrons. The Morgan fingerprint density at radius 2 is 2.04 bits per heavy atom. The number of phenols is 1. The number of unbranched alkanes of at least 4 members (excludes halogenated alkanes) is 2. The van der Waals surface area contributed by atoms with Crippen molar-refractivity contribution in [2.75, 3.05) is 6.61 Å². The van der Waals surface area contributed by atoms with Crippen molar-refractivity contribution in [3.8, 4) is 11.5 Å². The molecule has 2 unspecified atom stereocenters. The lowest BCUT2D eigenvalue weighted by Gasteiger charge is -2.20. The van der Waals surface area contributed by atoms with Gasteiger partial charge in [-0.2, -0.15) is 0 Å². The smallest absolute Gasteiger partial charge is 0.302 e. The topological polar surface area (TPSA) is 93.1 Å². The summed E-state index contributed by atoms with van der Waals surface area (Å²) in [6, 6.07) is 5.05. The maximum atomic E-state index is 11.4. The molecule has 0 aliphatic carbocycles. The van der Waals surface area contributed by atoms with Gasteiger partial charge in [0, 0.05) is 19.8 Å². The molecule has 0 fully saturated rings. The number of aldehydes is 1. The molecular formula is C21H32O6. The summed E-state index contributed by atoms with van der Waals surface area (Å²) in [7, 11) is 0. The van der Waals surface area contributed by atoms with Gasteiger partial charge < -0.3 is 24.5 Å². The first-order chi connectivity index (χ1) is 13.0. The number of hydrogen-bond donors (Lipinski definition) is 2. The van der Waals surface area contributed by atoms with Crippen molar-refractivity contribution >= 4 is 12.3 Å². The number of esters is 1. The lowest BCUT2D eigenvalue weighted by Crippen LogP contribution is -2.23. The zero-order valence-electron chi connectivity index (χ0n) is 16.4. The maximum absolute atomic E-state index is 11.4. The van der Waals surface area contributed by atoms with Crippen LogP contribution >= 0.6 is 0 Å². The van der Waals surface area contributed by atoms with Crippen LogP contribution in [-0.2, 0) is 20.7 Å². The molecule has 0 bridgehead atoms. The van der Waals surface area contributed by atoms with Crippen LogP contribution in [0.5, 0.6) is 11.5 Å². The molecule has 2 N–H and O–H groups in total. The van der Waals surface area contributed by atoms with E-state index in [1.165, 1.54) is 6.92 Å². The number of aromatic hydroxyl groups is 1. The molecule has 2 atom stereocenters. The average molecular weight is 380 g/mol. The van der Waals surface area contributed by atoms with Crippen LogP contribution < -0.4 is 4.74 Å². The minimum absolute atomic E-state index is 0.0209. The number of aliphatic hydroxyl groups excluding tert-OH is 1. The lowest BCUT2D eigenvalue weighted by molar-refractivity contribution is -0.148. The first-order valence-corrected chi connectivity index (χ1v) is 9.69. The summed E-state index contributed by atoms with van der Waals surface area (Å²) in [5.74, 6) is -0.00475. The minimum Gasteiger partial charge on any atom is -0.504 e. The van der Waals surface area contributed by atoms with Gasteiger partial charge in [0.1, 0.15) is 12.4 Å². The second kappa shape index (κ2) is 13.1. The van der Waals surface area contributed by atoms with Gasteiger partial charge in [-0.05, 0) is 37.0 Å². The number of phenolic OH excluding ortho intramolecular Hbond substituents is 1. The Hall–Kier alpha value is -2.08. The van der Waals surface area contributed by atoms with E-state index in [0.29, 0.717) is 31.4 Å². The number of aliphatic hydroxyl groups is 1. The SMILES string of the molecule is CCCCCC(O)CC(CCc1ccc(O)c(OCCC=O)c1)OC(C)=O. The van der Waals surface area contributed by atoms with Crippen molar-refractivity contribution in [3.63, 3.8) is 0 Å². The van der Waals surface area contributed by atoms with E-state index in [0.717, 1.165) is 31.1 Å². The van der Waals surface area contributed by atoms with Crippen molar-refractivity contribution in [2.24, 2.45) is 0 Å². The molecule has 6 nitrogen and oxygen atoms in total. The number of benzene rings is 1. The van der Waals surface area contributed by atoms with Gasteiger partial charge in [0.05, 0.1) is 12.7 Å². The van der Waals surface area contributed by atoms with Crippen LogP contribution in [0.25, 0.3) is 0 Å². The van der Waals surface area contributed by atoms with Crippen molar-refractivity contribution in [1.82, 2.24) is 0 Å². The number of aryl methyl sites for hydroxylation is 1. The van der Waals surface area contributed by atoms with Gasteiger partial charge in [-0.15, -0.1) is 0 Å². The quantitative estimate of drug-likeness (QED) is 0.291. The predicted molar refractivity (Wildman–Crippen MR) is 103 cm³/mol. The molecule has 152 valence electrons. The third-order valence-electron chi connectivity index (χ3n) is 4.28.